The maximum atomic E-state index is 12.0. The zero-order valence-electron chi connectivity index (χ0n) is 13.4. The molecule has 128 valence electrons. The SMILES string of the molecule is Cc1ccc(S(=O)(=O)N/N=C/CCCOC2CCCCO2)cc1. The maximum Gasteiger partial charge on any atom is 0.276 e. The molecule has 23 heavy (non-hydrogen) atoms. The molecule has 2 rings (SSSR count). The topological polar surface area (TPSA) is 77.0 Å². The van der Waals surface area contributed by atoms with E-state index < -0.39 is 10.0 Å². The van der Waals surface area contributed by atoms with Crippen LogP contribution in [0.3, 0.4) is 0 Å². The van der Waals surface area contributed by atoms with Gasteiger partial charge in [-0.25, -0.2) is 4.83 Å². The summed E-state index contributed by atoms with van der Waals surface area (Å²) in [7, 11) is -3.59. The van der Waals surface area contributed by atoms with Crippen LogP contribution in [0.5, 0.6) is 0 Å². The molecule has 1 fully saturated rings. The number of hydrogen-bond donors (Lipinski definition) is 1. The second-order valence-corrected chi connectivity index (χ2v) is 7.19. The normalized spacial score (nSPS) is 19.1. The number of hydrogen-bond acceptors (Lipinski definition) is 5. The first-order valence-electron chi connectivity index (χ1n) is 7.91. The van der Waals surface area contributed by atoms with Crippen LogP contribution in [0.2, 0.25) is 0 Å². The van der Waals surface area contributed by atoms with Gasteiger partial charge in [0.15, 0.2) is 6.29 Å². The second-order valence-electron chi connectivity index (χ2n) is 5.53. The van der Waals surface area contributed by atoms with E-state index in [4.69, 9.17) is 9.47 Å². The molecule has 0 radical (unpaired) electrons. The molecule has 1 aliphatic heterocycles. The quantitative estimate of drug-likeness (QED) is 0.448. The molecule has 1 N–H and O–H groups in total. The average molecular weight is 340 g/mol. The molecule has 7 heteroatoms. The third kappa shape index (κ3) is 6.29. The molecule has 1 saturated heterocycles. The Bertz CT molecular complexity index is 593. The van der Waals surface area contributed by atoms with Crippen molar-refractivity contribution in [1.82, 2.24) is 4.83 Å². The lowest BCUT2D eigenvalue weighted by Crippen LogP contribution is -2.22. The fourth-order valence-electron chi connectivity index (χ4n) is 2.17. The average Bonchev–Trinajstić information content (AvgIpc) is 2.55. The first kappa shape index (κ1) is 17.9. The smallest absolute Gasteiger partial charge is 0.276 e. The number of ether oxygens (including phenoxy) is 2. The summed E-state index contributed by atoms with van der Waals surface area (Å²) < 4.78 is 35.0. The molecule has 1 heterocycles. The van der Waals surface area contributed by atoms with E-state index in [2.05, 4.69) is 9.93 Å². The number of benzene rings is 1. The summed E-state index contributed by atoms with van der Waals surface area (Å²) in [4.78, 5) is 2.42. The van der Waals surface area contributed by atoms with Crippen LogP contribution in [0.1, 0.15) is 37.7 Å². The van der Waals surface area contributed by atoms with Gasteiger partial charge in [-0.05, 0) is 51.2 Å². The Morgan fingerprint density at radius 1 is 1.35 bits per heavy atom. The number of rotatable bonds is 8. The van der Waals surface area contributed by atoms with Gasteiger partial charge in [-0.1, -0.05) is 17.7 Å². The monoisotopic (exact) mass is 340 g/mol. The molecule has 6 nitrogen and oxygen atoms in total. The van der Waals surface area contributed by atoms with Crippen molar-refractivity contribution in [1.29, 1.82) is 0 Å². The van der Waals surface area contributed by atoms with Crippen molar-refractivity contribution >= 4 is 16.2 Å². The van der Waals surface area contributed by atoms with Crippen molar-refractivity contribution in [3.05, 3.63) is 29.8 Å². The predicted molar refractivity (Wildman–Crippen MR) is 88.8 cm³/mol. The van der Waals surface area contributed by atoms with Gasteiger partial charge >= 0.3 is 0 Å². The third-order valence-electron chi connectivity index (χ3n) is 3.51. The van der Waals surface area contributed by atoms with Crippen molar-refractivity contribution in [3.8, 4) is 0 Å². The minimum absolute atomic E-state index is 0.0827. The number of aryl methyl sites for hydroxylation is 1. The predicted octanol–water partition coefficient (Wildman–Crippen LogP) is 2.58. The zero-order chi connectivity index (χ0) is 16.5. The van der Waals surface area contributed by atoms with Crippen molar-refractivity contribution in [3.63, 3.8) is 0 Å². The van der Waals surface area contributed by atoms with Gasteiger partial charge < -0.3 is 9.47 Å². The van der Waals surface area contributed by atoms with Crippen molar-refractivity contribution in [2.45, 2.75) is 50.2 Å². The summed E-state index contributed by atoms with van der Waals surface area (Å²) in [6.45, 7) is 3.26. The van der Waals surface area contributed by atoms with Gasteiger partial charge in [0.2, 0.25) is 0 Å². The van der Waals surface area contributed by atoms with Crippen molar-refractivity contribution < 1.29 is 17.9 Å². The fraction of sp³-hybridized carbons (Fsp3) is 0.562. The molecule has 0 aromatic heterocycles. The Morgan fingerprint density at radius 3 is 2.83 bits per heavy atom. The van der Waals surface area contributed by atoms with Crippen LogP contribution in [0.25, 0.3) is 0 Å². The number of hydrazone groups is 1. The standard InChI is InChI=1S/C16H24N2O4S/c1-14-7-9-15(10-8-14)23(19,20)18-17-11-3-5-13-22-16-6-2-4-12-21-16/h7-11,16,18H,2-6,12-13H2,1H3/b17-11+. The number of unbranched alkanes of at least 4 members (excludes halogenated alkanes) is 1. The highest BCUT2D eigenvalue weighted by molar-refractivity contribution is 7.89. The number of sulfonamides is 1. The van der Waals surface area contributed by atoms with Gasteiger partial charge in [0.25, 0.3) is 10.0 Å². The summed E-state index contributed by atoms with van der Waals surface area (Å²) in [5.41, 5.74) is 1.01. The van der Waals surface area contributed by atoms with Crippen LogP contribution in [-0.4, -0.2) is 34.1 Å². The highest BCUT2D eigenvalue weighted by Crippen LogP contribution is 2.14. The maximum absolute atomic E-state index is 12.0. The molecule has 0 amide bonds. The molecule has 0 saturated carbocycles. The van der Waals surface area contributed by atoms with Crippen LogP contribution in [0.15, 0.2) is 34.3 Å². The zero-order valence-corrected chi connectivity index (χ0v) is 14.2. The molecule has 0 spiro atoms. The Hall–Kier alpha value is -1.44. The molecule has 1 aliphatic rings. The van der Waals surface area contributed by atoms with Crippen molar-refractivity contribution in [2.75, 3.05) is 13.2 Å². The van der Waals surface area contributed by atoms with Crippen LogP contribution in [0, 0.1) is 6.92 Å². The summed E-state index contributed by atoms with van der Waals surface area (Å²) in [5.74, 6) is 0. The minimum atomic E-state index is -3.59. The van der Waals surface area contributed by atoms with Gasteiger partial charge in [-0.2, -0.15) is 13.5 Å². The highest BCUT2D eigenvalue weighted by atomic mass is 32.2. The Balaban J connectivity index is 1.64. The van der Waals surface area contributed by atoms with Crippen LogP contribution >= 0.6 is 0 Å². The molecular weight excluding hydrogens is 316 g/mol. The lowest BCUT2D eigenvalue weighted by molar-refractivity contribution is -0.162. The molecule has 1 unspecified atom stereocenters. The van der Waals surface area contributed by atoms with Crippen LogP contribution in [0.4, 0.5) is 0 Å². The number of nitrogens with zero attached hydrogens (tertiary/aromatic N) is 1. The van der Waals surface area contributed by atoms with E-state index in [1.165, 1.54) is 0 Å². The first-order valence-corrected chi connectivity index (χ1v) is 9.39. The minimum Gasteiger partial charge on any atom is -0.353 e. The summed E-state index contributed by atoms with van der Waals surface area (Å²) in [6.07, 6.45) is 6.08. The molecule has 0 bridgehead atoms. The van der Waals surface area contributed by atoms with E-state index in [1.807, 2.05) is 6.92 Å². The van der Waals surface area contributed by atoms with E-state index in [9.17, 15) is 8.42 Å². The van der Waals surface area contributed by atoms with E-state index in [0.717, 1.165) is 37.9 Å². The van der Waals surface area contributed by atoms with Crippen molar-refractivity contribution in [2.24, 2.45) is 5.10 Å². The Labute approximate surface area is 137 Å². The van der Waals surface area contributed by atoms with Crippen LogP contribution in [-0.2, 0) is 19.5 Å². The van der Waals surface area contributed by atoms with Crippen LogP contribution < -0.4 is 4.83 Å². The number of nitrogens with one attached hydrogen (secondary N) is 1. The van der Waals surface area contributed by atoms with Gasteiger partial charge in [0.1, 0.15) is 0 Å². The van der Waals surface area contributed by atoms with E-state index >= 15 is 0 Å². The summed E-state index contributed by atoms with van der Waals surface area (Å²) in [6, 6.07) is 6.63. The van der Waals surface area contributed by atoms with E-state index in [1.54, 1.807) is 30.5 Å². The van der Waals surface area contributed by atoms with Gasteiger partial charge in [-0.3, -0.25) is 0 Å². The molecule has 1 aromatic carbocycles. The molecule has 1 atom stereocenters. The fourth-order valence-corrected chi connectivity index (χ4v) is 2.99. The van der Waals surface area contributed by atoms with E-state index in [-0.39, 0.29) is 11.2 Å². The Morgan fingerprint density at radius 2 is 2.13 bits per heavy atom. The van der Waals surface area contributed by atoms with Gasteiger partial charge in [0.05, 0.1) is 11.5 Å². The van der Waals surface area contributed by atoms with Gasteiger partial charge in [-0.15, -0.1) is 0 Å². The molecular formula is C16H24N2O4S. The first-order chi connectivity index (χ1) is 11.1. The second kappa shape index (κ2) is 9.00. The molecule has 0 aliphatic carbocycles. The highest BCUT2D eigenvalue weighted by Gasteiger charge is 2.13. The summed E-state index contributed by atoms with van der Waals surface area (Å²) in [5, 5.41) is 3.78. The lowest BCUT2D eigenvalue weighted by atomic mass is 10.2. The third-order valence-corrected chi connectivity index (χ3v) is 4.75. The summed E-state index contributed by atoms with van der Waals surface area (Å²) >= 11 is 0. The molecule has 1 aromatic rings. The van der Waals surface area contributed by atoms with E-state index in [0.29, 0.717) is 13.0 Å². The van der Waals surface area contributed by atoms with Gasteiger partial charge in [0, 0.05) is 12.8 Å². The Kier molecular flexibility index (Phi) is 7.01. The largest absolute Gasteiger partial charge is 0.353 e. The lowest BCUT2D eigenvalue weighted by Gasteiger charge is -2.22.